The summed E-state index contributed by atoms with van der Waals surface area (Å²) in [7, 11) is 0. The standard InChI is InChI=1S/C9H15NOSe/c1-2-11-8-5-3-4-6-9(8)12-7-10/h8-9H,2-6H2,1H3. The Morgan fingerprint density at radius 2 is 2.25 bits per heavy atom. The zero-order valence-corrected chi connectivity index (χ0v) is 9.17. The summed E-state index contributed by atoms with van der Waals surface area (Å²) in [6.07, 6.45) is 5.34. The van der Waals surface area contributed by atoms with E-state index in [0.717, 1.165) is 6.61 Å². The number of hydrogen-bond acceptors (Lipinski definition) is 2. The quantitative estimate of drug-likeness (QED) is 0.696. The zero-order valence-electron chi connectivity index (χ0n) is 7.45. The van der Waals surface area contributed by atoms with E-state index in [1.165, 1.54) is 25.7 Å². The van der Waals surface area contributed by atoms with Crippen molar-refractivity contribution in [1.29, 1.82) is 5.26 Å². The molecule has 2 unspecified atom stereocenters. The molecule has 0 bridgehead atoms. The maximum atomic E-state index is 8.63. The molecule has 1 aliphatic rings. The van der Waals surface area contributed by atoms with Crippen molar-refractivity contribution in [3.8, 4) is 4.97 Å². The van der Waals surface area contributed by atoms with Crippen LogP contribution in [0.15, 0.2) is 0 Å². The summed E-state index contributed by atoms with van der Waals surface area (Å²) in [6.45, 7) is 2.83. The minimum atomic E-state index is 0.139. The first-order valence-electron chi connectivity index (χ1n) is 4.54. The van der Waals surface area contributed by atoms with Gasteiger partial charge in [0, 0.05) is 0 Å². The van der Waals surface area contributed by atoms with Gasteiger partial charge in [0.1, 0.15) is 0 Å². The van der Waals surface area contributed by atoms with Crippen LogP contribution in [0.5, 0.6) is 0 Å². The van der Waals surface area contributed by atoms with Crippen LogP contribution in [0, 0.1) is 10.2 Å². The third-order valence-electron chi connectivity index (χ3n) is 2.23. The van der Waals surface area contributed by atoms with Crippen molar-refractivity contribution in [1.82, 2.24) is 0 Å². The Morgan fingerprint density at radius 1 is 1.50 bits per heavy atom. The van der Waals surface area contributed by atoms with Gasteiger partial charge in [-0.3, -0.25) is 0 Å². The SMILES string of the molecule is CCOC1CCCCC1[Se]C#N. The fourth-order valence-corrected chi connectivity index (χ4v) is 3.32. The molecule has 0 aromatic carbocycles. The van der Waals surface area contributed by atoms with Crippen LogP contribution in [-0.4, -0.2) is 27.7 Å². The van der Waals surface area contributed by atoms with E-state index in [4.69, 9.17) is 10.00 Å². The third kappa shape index (κ3) is 2.79. The number of nitrogens with zero attached hydrogens (tertiary/aromatic N) is 1. The van der Waals surface area contributed by atoms with Gasteiger partial charge in [0.15, 0.2) is 0 Å². The van der Waals surface area contributed by atoms with Crippen LogP contribution in [0.2, 0.25) is 4.82 Å². The number of rotatable bonds is 3. The molecule has 0 radical (unpaired) electrons. The van der Waals surface area contributed by atoms with Crippen LogP contribution in [0.1, 0.15) is 32.6 Å². The van der Waals surface area contributed by atoms with E-state index in [0.29, 0.717) is 10.9 Å². The van der Waals surface area contributed by atoms with E-state index < -0.39 is 0 Å². The van der Waals surface area contributed by atoms with Gasteiger partial charge in [-0.05, 0) is 0 Å². The van der Waals surface area contributed by atoms with Crippen molar-refractivity contribution >= 4 is 15.0 Å². The second-order valence-electron chi connectivity index (χ2n) is 3.03. The fraction of sp³-hybridized carbons (Fsp3) is 0.889. The zero-order chi connectivity index (χ0) is 8.81. The second kappa shape index (κ2) is 5.59. The van der Waals surface area contributed by atoms with Crippen molar-refractivity contribution in [2.24, 2.45) is 0 Å². The van der Waals surface area contributed by atoms with E-state index in [-0.39, 0.29) is 15.0 Å². The Morgan fingerprint density at radius 3 is 2.92 bits per heavy atom. The summed E-state index contributed by atoms with van der Waals surface area (Å²) in [5, 5.41) is 8.63. The molecule has 1 rings (SSSR count). The Hall–Kier alpha value is -0.0305. The molecule has 0 aromatic rings. The molecule has 1 aliphatic carbocycles. The fourth-order valence-electron chi connectivity index (χ4n) is 1.67. The molecule has 0 saturated heterocycles. The van der Waals surface area contributed by atoms with Crippen LogP contribution in [0.3, 0.4) is 0 Å². The molecule has 0 spiro atoms. The van der Waals surface area contributed by atoms with Gasteiger partial charge in [-0.25, -0.2) is 0 Å². The Bertz CT molecular complexity index is 164. The first kappa shape index (κ1) is 10.1. The summed E-state index contributed by atoms with van der Waals surface area (Å²) in [5.74, 6) is 0. The average Bonchev–Trinajstić information content (AvgIpc) is 2.09. The molecule has 12 heavy (non-hydrogen) atoms. The van der Waals surface area contributed by atoms with E-state index in [1.54, 1.807) is 0 Å². The third-order valence-corrected chi connectivity index (χ3v) is 4.21. The summed E-state index contributed by atoms with van der Waals surface area (Å²) >= 11 is 0.139. The molecule has 0 aliphatic heterocycles. The molecule has 0 aromatic heterocycles. The molecular formula is C9H15NOSe. The Kier molecular flexibility index (Phi) is 4.68. The molecule has 3 heteroatoms. The second-order valence-corrected chi connectivity index (χ2v) is 5.17. The van der Waals surface area contributed by atoms with Crippen molar-refractivity contribution < 1.29 is 4.74 Å². The van der Waals surface area contributed by atoms with Gasteiger partial charge >= 0.3 is 80.1 Å². The van der Waals surface area contributed by atoms with Crippen molar-refractivity contribution in [3.05, 3.63) is 0 Å². The maximum absolute atomic E-state index is 8.63. The van der Waals surface area contributed by atoms with Gasteiger partial charge in [-0.15, -0.1) is 0 Å². The molecule has 2 atom stereocenters. The van der Waals surface area contributed by atoms with Crippen LogP contribution < -0.4 is 0 Å². The Labute approximate surface area is 80.4 Å². The first-order valence-corrected chi connectivity index (χ1v) is 6.39. The number of nitriles is 1. The van der Waals surface area contributed by atoms with Crippen LogP contribution in [-0.2, 0) is 4.74 Å². The van der Waals surface area contributed by atoms with E-state index in [2.05, 4.69) is 4.97 Å². The molecule has 1 saturated carbocycles. The van der Waals surface area contributed by atoms with E-state index in [9.17, 15) is 0 Å². The van der Waals surface area contributed by atoms with E-state index in [1.807, 2.05) is 6.92 Å². The van der Waals surface area contributed by atoms with Crippen LogP contribution >= 0.6 is 0 Å². The molecule has 68 valence electrons. The van der Waals surface area contributed by atoms with Gasteiger partial charge in [0.25, 0.3) is 0 Å². The number of hydrogen-bond donors (Lipinski definition) is 0. The van der Waals surface area contributed by atoms with Gasteiger partial charge in [-0.1, -0.05) is 0 Å². The summed E-state index contributed by atoms with van der Waals surface area (Å²) in [6, 6.07) is 0. The van der Waals surface area contributed by atoms with E-state index >= 15 is 0 Å². The number of ether oxygens (including phenoxy) is 1. The minimum absolute atomic E-state index is 0.139. The molecule has 0 amide bonds. The first-order chi connectivity index (χ1) is 5.88. The summed E-state index contributed by atoms with van der Waals surface area (Å²) in [5.41, 5.74) is 0. The summed E-state index contributed by atoms with van der Waals surface area (Å²) in [4.78, 5) is 2.87. The normalized spacial score (nSPS) is 29.7. The van der Waals surface area contributed by atoms with Crippen molar-refractivity contribution in [2.45, 2.75) is 43.5 Å². The van der Waals surface area contributed by atoms with Crippen LogP contribution in [0.25, 0.3) is 0 Å². The topological polar surface area (TPSA) is 33.0 Å². The van der Waals surface area contributed by atoms with Gasteiger partial charge in [-0.2, -0.15) is 0 Å². The van der Waals surface area contributed by atoms with Gasteiger partial charge in [0.2, 0.25) is 0 Å². The van der Waals surface area contributed by atoms with Gasteiger partial charge < -0.3 is 0 Å². The molecule has 0 heterocycles. The van der Waals surface area contributed by atoms with Crippen LogP contribution in [0.4, 0.5) is 0 Å². The van der Waals surface area contributed by atoms with Crippen molar-refractivity contribution in [2.75, 3.05) is 6.61 Å². The van der Waals surface area contributed by atoms with Gasteiger partial charge in [0.05, 0.1) is 0 Å². The predicted octanol–water partition coefficient (Wildman–Crippen LogP) is 1.94. The molecule has 1 fully saturated rings. The summed E-state index contributed by atoms with van der Waals surface area (Å²) < 4.78 is 5.61. The Balaban J connectivity index is 2.38. The average molecular weight is 232 g/mol. The predicted molar refractivity (Wildman–Crippen MR) is 49.0 cm³/mol. The van der Waals surface area contributed by atoms with Crippen molar-refractivity contribution in [3.63, 3.8) is 0 Å². The molecule has 0 N–H and O–H groups in total. The molecular weight excluding hydrogens is 217 g/mol. The monoisotopic (exact) mass is 233 g/mol. The molecule has 2 nitrogen and oxygen atoms in total.